The summed E-state index contributed by atoms with van der Waals surface area (Å²) in [6, 6.07) is 0. The monoisotopic (exact) mass is 382 g/mol. The van der Waals surface area contributed by atoms with Gasteiger partial charge in [0.15, 0.2) is 6.10 Å². The van der Waals surface area contributed by atoms with Gasteiger partial charge >= 0.3 is 6.09 Å². The standard InChI is InChI=1S/C21H38N2O4/c1-15(2)18(27-20(25)22-21(3,4)5)19(24)23-13-11-17(12-14-23)26-16-9-7-6-8-10-16/h15-18H,6-14H2,1-5H3,(H,22,25)/t18-/m0/s1. The van der Waals surface area contributed by atoms with Crippen LogP contribution in [0.25, 0.3) is 0 Å². The smallest absolute Gasteiger partial charge is 0.408 e. The molecule has 6 heteroatoms. The van der Waals surface area contributed by atoms with E-state index in [0.717, 1.165) is 12.8 Å². The molecule has 2 rings (SSSR count). The van der Waals surface area contributed by atoms with Gasteiger partial charge in [-0.3, -0.25) is 4.79 Å². The third-order valence-corrected chi connectivity index (χ3v) is 5.25. The number of nitrogens with zero attached hydrogens (tertiary/aromatic N) is 1. The largest absolute Gasteiger partial charge is 0.436 e. The zero-order valence-corrected chi connectivity index (χ0v) is 17.8. The predicted octanol–water partition coefficient (Wildman–Crippen LogP) is 3.88. The van der Waals surface area contributed by atoms with E-state index in [-0.39, 0.29) is 17.9 Å². The van der Waals surface area contributed by atoms with Gasteiger partial charge < -0.3 is 19.7 Å². The molecule has 0 aromatic carbocycles. The number of nitrogens with one attached hydrogen (secondary N) is 1. The Bertz CT molecular complexity index is 487. The van der Waals surface area contributed by atoms with E-state index >= 15 is 0 Å². The van der Waals surface area contributed by atoms with Crippen molar-refractivity contribution in [3.8, 4) is 0 Å². The number of carbonyl (C=O) groups is 2. The van der Waals surface area contributed by atoms with Gasteiger partial charge in [0, 0.05) is 18.6 Å². The average Bonchev–Trinajstić information content (AvgIpc) is 2.59. The molecular formula is C21H38N2O4. The Kier molecular flexibility index (Phi) is 7.95. The molecule has 1 heterocycles. The molecular weight excluding hydrogens is 344 g/mol. The van der Waals surface area contributed by atoms with Crippen LogP contribution in [-0.2, 0) is 14.3 Å². The quantitative estimate of drug-likeness (QED) is 0.784. The second-order valence-electron chi connectivity index (χ2n) is 9.37. The molecule has 156 valence electrons. The third-order valence-electron chi connectivity index (χ3n) is 5.25. The van der Waals surface area contributed by atoms with E-state index in [4.69, 9.17) is 9.47 Å². The Hall–Kier alpha value is -1.30. The highest BCUT2D eigenvalue weighted by molar-refractivity contribution is 5.84. The maximum atomic E-state index is 12.9. The van der Waals surface area contributed by atoms with Crippen molar-refractivity contribution >= 4 is 12.0 Å². The lowest BCUT2D eigenvalue weighted by atomic mass is 9.97. The first-order chi connectivity index (χ1) is 12.7. The number of alkyl carbamates (subject to hydrolysis) is 1. The minimum atomic E-state index is -0.747. The highest BCUT2D eigenvalue weighted by Gasteiger charge is 2.34. The molecule has 0 bridgehead atoms. The van der Waals surface area contributed by atoms with Crippen molar-refractivity contribution in [2.24, 2.45) is 5.92 Å². The number of amides is 2. The summed E-state index contributed by atoms with van der Waals surface area (Å²) in [4.78, 5) is 26.9. The van der Waals surface area contributed by atoms with E-state index in [1.54, 1.807) is 0 Å². The molecule has 0 radical (unpaired) electrons. The SMILES string of the molecule is CC(C)[C@H](OC(=O)NC(C)(C)C)C(=O)N1CCC(OC2CCCCC2)CC1. The lowest BCUT2D eigenvalue weighted by Gasteiger charge is -2.36. The van der Waals surface area contributed by atoms with E-state index in [1.165, 1.54) is 32.1 Å². The second kappa shape index (κ2) is 9.76. The van der Waals surface area contributed by atoms with E-state index in [2.05, 4.69) is 5.32 Å². The number of hydrogen-bond donors (Lipinski definition) is 1. The molecule has 1 N–H and O–H groups in total. The van der Waals surface area contributed by atoms with Crippen LogP contribution in [0, 0.1) is 5.92 Å². The maximum Gasteiger partial charge on any atom is 0.408 e. The van der Waals surface area contributed by atoms with Crippen LogP contribution in [-0.4, -0.2) is 53.8 Å². The van der Waals surface area contributed by atoms with Gasteiger partial charge in [0.25, 0.3) is 5.91 Å². The fraction of sp³-hybridized carbons (Fsp3) is 0.905. The van der Waals surface area contributed by atoms with E-state index in [9.17, 15) is 9.59 Å². The highest BCUT2D eigenvalue weighted by atomic mass is 16.6. The summed E-state index contributed by atoms with van der Waals surface area (Å²) in [5, 5.41) is 2.76. The zero-order valence-electron chi connectivity index (χ0n) is 17.8. The third kappa shape index (κ3) is 7.32. The van der Waals surface area contributed by atoms with Crippen molar-refractivity contribution in [2.45, 2.75) is 103 Å². The minimum Gasteiger partial charge on any atom is -0.436 e. The molecule has 2 aliphatic rings. The molecule has 1 aliphatic carbocycles. The van der Waals surface area contributed by atoms with Crippen molar-refractivity contribution < 1.29 is 19.1 Å². The molecule has 2 fully saturated rings. The molecule has 27 heavy (non-hydrogen) atoms. The van der Waals surface area contributed by atoms with Gasteiger partial charge in [0.1, 0.15) is 0 Å². The predicted molar refractivity (Wildman–Crippen MR) is 106 cm³/mol. The fourth-order valence-electron chi connectivity index (χ4n) is 3.79. The zero-order chi connectivity index (χ0) is 20.0. The number of hydrogen-bond acceptors (Lipinski definition) is 4. The summed E-state index contributed by atoms with van der Waals surface area (Å²) in [6.07, 6.45) is 7.30. The first-order valence-electron chi connectivity index (χ1n) is 10.6. The summed E-state index contributed by atoms with van der Waals surface area (Å²) in [7, 11) is 0. The summed E-state index contributed by atoms with van der Waals surface area (Å²) in [6.45, 7) is 10.8. The Morgan fingerprint density at radius 2 is 1.52 bits per heavy atom. The molecule has 2 amide bonds. The van der Waals surface area contributed by atoms with Gasteiger partial charge in [0.2, 0.25) is 0 Å². The van der Waals surface area contributed by atoms with Crippen LogP contribution in [0.15, 0.2) is 0 Å². The maximum absolute atomic E-state index is 12.9. The molecule has 1 atom stereocenters. The first kappa shape index (κ1) is 22.0. The van der Waals surface area contributed by atoms with Crippen LogP contribution in [0.1, 0.15) is 79.6 Å². The van der Waals surface area contributed by atoms with Crippen LogP contribution in [0.3, 0.4) is 0 Å². The lowest BCUT2D eigenvalue weighted by molar-refractivity contribution is -0.146. The second-order valence-corrected chi connectivity index (χ2v) is 9.37. The van der Waals surface area contributed by atoms with Crippen LogP contribution in [0.2, 0.25) is 0 Å². The van der Waals surface area contributed by atoms with Gasteiger partial charge in [-0.15, -0.1) is 0 Å². The van der Waals surface area contributed by atoms with Crippen LogP contribution in [0.4, 0.5) is 4.79 Å². The van der Waals surface area contributed by atoms with E-state index in [0.29, 0.717) is 19.2 Å². The fourth-order valence-corrected chi connectivity index (χ4v) is 3.79. The molecule has 0 aromatic rings. The molecule has 0 spiro atoms. The molecule has 1 saturated heterocycles. The van der Waals surface area contributed by atoms with Gasteiger partial charge in [0.05, 0.1) is 12.2 Å². The normalized spacial score (nSPS) is 21.2. The van der Waals surface area contributed by atoms with Crippen LogP contribution >= 0.6 is 0 Å². The Morgan fingerprint density at radius 1 is 0.963 bits per heavy atom. The van der Waals surface area contributed by atoms with Crippen LogP contribution < -0.4 is 5.32 Å². The van der Waals surface area contributed by atoms with E-state index < -0.39 is 17.7 Å². The van der Waals surface area contributed by atoms with Crippen LogP contribution in [0.5, 0.6) is 0 Å². The summed E-state index contributed by atoms with van der Waals surface area (Å²) in [5.74, 6) is -0.162. The van der Waals surface area contributed by atoms with Crippen molar-refractivity contribution in [1.29, 1.82) is 0 Å². The van der Waals surface area contributed by atoms with Crippen molar-refractivity contribution in [3.63, 3.8) is 0 Å². The van der Waals surface area contributed by atoms with Gasteiger partial charge in [-0.25, -0.2) is 4.79 Å². The number of carbonyl (C=O) groups excluding carboxylic acids is 2. The molecule has 6 nitrogen and oxygen atoms in total. The summed E-state index contributed by atoms with van der Waals surface area (Å²) < 4.78 is 11.7. The van der Waals surface area contributed by atoms with Crippen molar-refractivity contribution in [3.05, 3.63) is 0 Å². The van der Waals surface area contributed by atoms with Crippen molar-refractivity contribution in [2.75, 3.05) is 13.1 Å². The van der Waals surface area contributed by atoms with Gasteiger partial charge in [-0.2, -0.15) is 0 Å². The average molecular weight is 383 g/mol. The summed E-state index contributed by atoms with van der Waals surface area (Å²) >= 11 is 0. The number of ether oxygens (including phenoxy) is 2. The van der Waals surface area contributed by atoms with Crippen molar-refractivity contribution in [1.82, 2.24) is 10.2 Å². The summed E-state index contributed by atoms with van der Waals surface area (Å²) in [5.41, 5.74) is -0.392. The lowest BCUT2D eigenvalue weighted by Crippen LogP contribution is -2.50. The highest BCUT2D eigenvalue weighted by Crippen LogP contribution is 2.25. The molecule has 1 aliphatic heterocycles. The topological polar surface area (TPSA) is 67.9 Å². The van der Waals surface area contributed by atoms with Gasteiger partial charge in [-0.05, 0) is 52.4 Å². The number of likely N-dealkylation sites (tertiary alicyclic amines) is 1. The number of rotatable bonds is 5. The minimum absolute atomic E-state index is 0.0700. The Morgan fingerprint density at radius 3 is 2.04 bits per heavy atom. The van der Waals surface area contributed by atoms with Gasteiger partial charge in [-0.1, -0.05) is 33.1 Å². The molecule has 1 saturated carbocycles. The Balaban J connectivity index is 1.83. The molecule has 0 aromatic heterocycles. The van der Waals surface area contributed by atoms with E-state index in [1.807, 2.05) is 39.5 Å². The molecule has 0 unspecified atom stereocenters. The number of piperidine rings is 1. The Labute approximate surface area is 164 Å². The first-order valence-corrected chi connectivity index (χ1v) is 10.6.